The molecular weight excluding hydrogens is 334 g/mol. The number of ether oxygens (including phenoxy) is 1. The number of aromatic amines is 1. The van der Waals surface area contributed by atoms with Gasteiger partial charge in [-0.2, -0.15) is 5.10 Å². The summed E-state index contributed by atoms with van der Waals surface area (Å²) in [6.45, 7) is 5.78. The molecule has 2 heterocycles. The minimum Gasteiger partial charge on any atom is -0.466 e. The largest absolute Gasteiger partial charge is 0.466 e. The number of amides is 1. The number of fused-ring (bicyclic) bond motifs is 1. The van der Waals surface area contributed by atoms with E-state index in [1.807, 2.05) is 32.0 Å². The summed E-state index contributed by atoms with van der Waals surface area (Å²) in [5.74, 6) is -0.675. The first kappa shape index (κ1) is 17.5. The van der Waals surface area contributed by atoms with Crippen molar-refractivity contribution in [3.05, 3.63) is 35.5 Å². The Morgan fingerprint density at radius 2 is 1.96 bits per heavy atom. The summed E-state index contributed by atoms with van der Waals surface area (Å²) in [7, 11) is 0. The summed E-state index contributed by atoms with van der Waals surface area (Å²) in [4.78, 5) is 32.4. The highest BCUT2D eigenvalue weighted by Gasteiger charge is 2.14. The molecule has 134 valence electrons. The third kappa shape index (κ3) is 3.85. The zero-order valence-corrected chi connectivity index (χ0v) is 14.8. The molecule has 0 bridgehead atoms. The standard InChI is InChI=1S/C18H19N5O3/c1-4-26-17(25)9-16(24)21-15-8-14(22-23-15)18-11(3)19-13-7-10(2)5-6-12(13)20-18/h5-8H,4,9H2,1-3H3,(H2,21,22,23,24). The Balaban J connectivity index is 1.80. The van der Waals surface area contributed by atoms with Crippen LogP contribution in [0.2, 0.25) is 0 Å². The maximum Gasteiger partial charge on any atom is 0.315 e. The van der Waals surface area contributed by atoms with Crippen LogP contribution in [0.4, 0.5) is 5.82 Å². The third-order valence-corrected chi connectivity index (χ3v) is 3.70. The van der Waals surface area contributed by atoms with Crippen LogP contribution >= 0.6 is 0 Å². The monoisotopic (exact) mass is 353 g/mol. The lowest BCUT2D eigenvalue weighted by Gasteiger charge is -2.04. The summed E-state index contributed by atoms with van der Waals surface area (Å²) in [5, 5.41) is 9.48. The molecule has 1 amide bonds. The van der Waals surface area contributed by atoms with E-state index in [-0.39, 0.29) is 13.0 Å². The van der Waals surface area contributed by atoms with Gasteiger partial charge in [0.25, 0.3) is 0 Å². The second-order valence-electron chi connectivity index (χ2n) is 5.85. The van der Waals surface area contributed by atoms with Crippen LogP contribution in [0, 0.1) is 13.8 Å². The topological polar surface area (TPSA) is 110 Å². The number of esters is 1. The van der Waals surface area contributed by atoms with Gasteiger partial charge in [0.2, 0.25) is 5.91 Å². The van der Waals surface area contributed by atoms with Crippen LogP contribution in [-0.4, -0.2) is 38.6 Å². The first-order valence-electron chi connectivity index (χ1n) is 8.22. The molecule has 0 fully saturated rings. The van der Waals surface area contributed by atoms with Crippen molar-refractivity contribution >= 4 is 28.7 Å². The van der Waals surface area contributed by atoms with E-state index in [2.05, 4.69) is 25.5 Å². The number of benzene rings is 1. The van der Waals surface area contributed by atoms with Gasteiger partial charge in [0.15, 0.2) is 0 Å². The van der Waals surface area contributed by atoms with E-state index >= 15 is 0 Å². The molecule has 0 atom stereocenters. The number of carbonyl (C=O) groups is 2. The minimum atomic E-state index is -0.573. The number of H-pyrrole nitrogens is 1. The molecule has 2 N–H and O–H groups in total. The van der Waals surface area contributed by atoms with E-state index < -0.39 is 11.9 Å². The Labute approximate surface area is 150 Å². The third-order valence-electron chi connectivity index (χ3n) is 3.70. The average Bonchev–Trinajstić information content (AvgIpc) is 3.02. The molecule has 0 saturated carbocycles. The Hall–Kier alpha value is -3.29. The van der Waals surface area contributed by atoms with Gasteiger partial charge in [-0.3, -0.25) is 14.7 Å². The fraction of sp³-hybridized carbons (Fsp3) is 0.278. The van der Waals surface area contributed by atoms with Crippen LogP contribution in [0.15, 0.2) is 24.3 Å². The summed E-state index contributed by atoms with van der Waals surface area (Å²) in [6.07, 6.45) is -0.351. The van der Waals surface area contributed by atoms with Crippen LogP contribution in [-0.2, 0) is 14.3 Å². The van der Waals surface area contributed by atoms with Crippen LogP contribution in [0.5, 0.6) is 0 Å². The van der Waals surface area contributed by atoms with Crippen molar-refractivity contribution in [1.29, 1.82) is 0 Å². The van der Waals surface area contributed by atoms with E-state index in [0.29, 0.717) is 17.2 Å². The first-order chi connectivity index (χ1) is 12.5. The fourth-order valence-electron chi connectivity index (χ4n) is 2.54. The molecule has 0 saturated heterocycles. The smallest absolute Gasteiger partial charge is 0.315 e. The Bertz CT molecular complexity index is 980. The lowest BCUT2D eigenvalue weighted by molar-refractivity contribution is -0.145. The maximum absolute atomic E-state index is 11.8. The van der Waals surface area contributed by atoms with Crippen molar-refractivity contribution in [3.8, 4) is 11.4 Å². The van der Waals surface area contributed by atoms with Gasteiger partial charge in [0, 0.05) is 6.07 Å². The van der Waals surface area contributed by atoms with Crippen LogP contribution in [0.3, 0.4) is 0 Å². The molecule has 0 aliphatic heterocycles. The fourth-order valence-corrected chi connectivity index (χ4v) is 2.54. The molecule has 0 spiro atoms. The number of hydrogen-bond donors (Lipinski definition) is 2. The summed E-state index contributed by atoms with van der Waals surface area (Å²) >= 11 is 0. The number of aryl methyl sites for hydroxylation is 2. The zero-order valence-electron chi connectivity index (χ0n) is 14.8. The number of aromatic nitrogens is 4. The summed E-state index contributed by atoms with van der Waals surface area (Å²) in [5.41, 5.74) is 4.63. The van der Waals surface area contributed by atoms with Crippen molar-refractivity contribution in [3.63, 3.8) is 0 Å². The Kier molecular flexibility index (Phi) is 4.92. The molecule has 3 rings (SSSR count). The highest BCUT2D eigenvalue weighted by Crippen LogP contribution is 2.23. The second-order valence-corrected chi connectivity index (χ2v) is 5.85. The molecule has 8 heteroatoms. The average molecular weight is 353 g/mol. The highest BCUT2D eigenvalue weighted by atomic mass is 16.5. The van der Waals surface area contributed by atoms with Crippen LogP contribution < -0.4 is 5.32 Å². The van der Waals surface area contributed by atoms with Crippen LogP contribution in [0.25, 0.3) is 22.4 Å². The van der Waals surface area contributed by atoms with Crippen molar-refractivity contribution in [2.24, 2.45) is 0 Å². The van der Waals surface area contributed by atoms with E-state index in [1.165, 1.54) is 0 Å². The van der Waals surface area contributed by atoms with Crippen molar-refractivity contribution in [2.75, 3.05) is 11.9 Å². The van der Waals surface area contributed by atoms with Crippen LogP contribution in [0.1, 0.15) is 24.6 Å². The molecule has 1 aromatic carbocycles. The van der Waals surface area contributed by atoms with Gasteiger partial charge < -0.3 is 10.1 Å². The molecule has 2 aromatic heterocycles. The highest BCUT2D eigenvalue weighted by molar-refractivity contribution is 6.01. The summed E-state index contributed by atoms with van der Waals surface area (Å²) in [6, 6.07) is 7.52. The predicted octanol–water partition coefficient (Wildman–Crippen LogP) is 2.53. The number of hydrogen-bond acceptors (Lipinski definition) is 6. The minimum absolute atomic E-state index is 0.236. The number of rotatable bonds is 5. The van der Waals surface area contributed by atoms with Gasteiger partial charge in [-0.1, -0.05) is 6.07 Å². The molecule has 8 nitrogen and oxygen atoms in total. The van der Waals surface area contributed by atoms with E-state index in [0.717, 1.165) is 22.3 Å². The normalized spacial score (nSPS) is 10.7. The number of carbonyl (C=O) groups excluding carboxylic acids is 2. The maximum atomic E-state index is 11.8. The van der Waals surface area contributed by atoms with Gasteiger partial charge in [-0.15, -0.1) is 0 Å². The SMILES string of the molecule is CCOC(=O)CC(=O)Nc1cc(-c2nc3ccc(C)cc3nc2C)n[nH]1. The van der Waals surface area contributed by atoms with Gasteiger partial charge in [0.1, 0.15) is 23.6 Å². The van der Waals surface area contributed by atoms with E-state index in [9.17, 15) is 9.59 Å². The summed E-state index contributed by atoms with van der Waals surface area (Å²) < 4.78 is 4.75. The van der Waals surface area contributed by atoms with Gasteiger partial charge in [-0.25, -0.2) is 9.97 Å². The first-order valence-corrected chi connectivity index (χ1v) is 8.22. The van der Waals surface area contributed by atoms with E-state index in [4.69, 9.17) is 4.74 Å². The predicted molar refractivity (Wildman–Crippen MR) is 96.5 cm³/mol. The van der Waals surface area contributed by atoms with Crippen molar-refractivity contribution in [2.45, 2.75) is 27.2 Å². The Morgan fingerprint density at radius 3 is 2.73 bits per heavy atom. The molecule has 3 aromatic rings. The Morgan fingerprint density at radius 1 is 1.15 bits per heavy atom. The molecule has 0 unspecified atom stereocenters. The van der Waals surface area contributed by atoms with Crippen molar-refractivity contribution < 1.29 is 14.3 Å². The molecule has 0 aliphatic rings. The lowest BCUT2D eigenvalue weighted by Crippen LogP contribution is -2.18. The molecule has 0 aliphatic carbocycles. The van der Waals surface area contributed by atoms with Gasteiger partial charge in [0.05, 0.1) is 23.3 Å². The number of anilines is 1. The lowest BCUT2D eigenvalue weighted by atomic mass is 10.2. The number of nitrogens with one attached hydrogen (secondary N) is 2. The quantitative estimate of drug-likeness (QED) is 0.539. The van der Waals surface area contributed by atoms with Gasteiger partial charge >= 0.3 is 5.97 Å². The van der Waals surface area contributed by atoms with Gasteiger partial charge in [-0.05, 0) is 38.5 Å². The molecule has 0 radical (unpaired) electrons. The number of nitrogens with zero attached hydrogens (tertiary/aromatic N) is 3. The van der Waals surface area contributed by atoms with E-state index in [1.54, 1.807) is 13.0 Å². The molecular formula is C18H19N5O3. The van der Waals surface area contributed by atoms with Crippen molar-refractivity contribution in [1.82, 2.24) is 20.2 Å². The zero-order chi connectivity index (χ0) is 18.7. The second kappa shape index (κ2) is 7.30. The molecule has 26 heavy (non-hydrogen) atoms.